The first-order valence-electron chi connectivity index (χ1n) is 5.14. The number of hydrogen-bond donors (Lipinski definition) is 2. The molecule has 0 saturated heterocycles. The third-order valence-corrected chi connectivity index (χ3v) is 3.15. The Kier molecular flexibility index (Phi) is 3.36. The number of rotatable bonds is 4. The third-order valence-electron chi connectivity index (χ3n) is 2.28. The number of aryl methyl sites for hydroxylation is 1. The Balaban J connectivity index is 1.97. The summed E-state index contributed by atoms with van der Waals surface area (Å²) in [6, 6.07) is 3.90. The van der Waals surface area contributed by atoms with Crippen LogP contribution in [0.4, 0.5) is 5.82 Å². The molecule has 2 aromatic heterocycles. The first kappa shape index (κ1) is 10.9. The van der Waals surface area contributed by atoms with Crippen molar-refractivity contribution in [1.29, 1.82) is 0 Å². The summed E-state index contributed by atoms with van der Waals surface area (Å²) in [6.07, 6.45) is 3.01. The maximum atomic E-state index is 11.7. The molecule has 0 fully saturated rings. The van der Waals surface area contributed by atoms with E-state index in [1.165, 1.54) is 0 Å². The second-order valence-electron chi connectivity index (χ2n) is 3.43. The number of nitrogens with zero attached hydrogens (tertiary/aromatic N) is 1. The maximum Gasteiger partial charge on any atom is 0.230 e. The van der Waals surface area contributed by atoms with E-state index in [0.29, 0.717) is 12.2 Å². The van der Waals surface area contributed by atoms with Gasteiger partial charge in [0.2, 0.25) is 5.91 Å². The number of carbonyl (C=O) groups excluding carboxylic acids is 1. The van der Waals surface area contributed by atoms with Gasteiger partial charge in [0.1, 0.15) is 5.82 Å². The summed E-state index contributed by atoms with van der Waals surface area (Å²) >= 11 is 1.59. The van der Waals surface area contributed by atoms with Crippen LogP contribution in [0.3, 0.4) is 0 Å². The molecule has 0 aromatic carbocycles. The molecule has 0 bridgehead atoms. The van der Waals surface area contributed by atoms with Gasteiger partial charge in [-0.15, -0.1) is 11.3 Å². The summed E-state index contributed by atoms with van der Waals surface area (Å²) in [6.45, 7) is 2.03. The highest BCUT2D eigenvalue weighted by Gasteiger charge is 2.08. The van der Waals surface area contributed by atoms with E-state index >= 15 is 0 Å². The van der Waals surface area contributed by atoms with E-state index in [4.69, 9.17) is 0 Å². The number of H-pyrrole nitrogens is 1. The average molecular weight is 235 g/mol. The van der Waals surface area contributed by atoms with Gasteiger partial charge in [-0.25, -0.2) is 0 Å². The van der Waals surface area contributed by atoms with Crippen LogP contribution in [0.5, 0.6) is 0 Å². The lowest BCUT2D eigenvalue weighted by molar-refractivity contribution is -0.115. The molecule has 2 rings (SSSR count). The average Bonchev–Trinajstić information content (AvgIpc) is 2.88. The number of amides is 1. The van der Waals surface area contributed by atoms with Gasteiger partial charge in [-0.3, -0.25) is 9.89 Å². The molecule has 1 amide bonds. The SMILES string of the molecule is CCc1cn[nH]c1NC(=O)Cc1cccs1. The number of aromatic nitrogens is 2. The minimum Gasteiger partial charge on any atom is -0.311 e. The van der Waals surface area contributed by atoms with Crippen molar-refractivity contribution in [3.63, 3.8) is 0 Å². The fourth-order valence-electron chi connectivity index (χ4n) is 1.44. The van der Waals surface area contributed by atoms with E-state index in [9.17, 15) is 4.79 Å². The minimum atomic E-state index is -0.0126. The van der Waals surface area contributed by atoms with Crippen LogP contribution >= 0.6 is 11.3 Å². The smallest absolute Gasteiger partial charge is 0.230 e. The van der Waals surface area contributed by atoms with Gasteiger partial charge >= 0.3 is 0 Å². The number of nitrogens with one attached hydrogen (secondary N) is 2. The fourth-order valence-corrected chi connectivity index (χ4v) is 2.15. The second-order valence-corrected chi connectivity index (χ2v) is 4.46. The molecule has 4 nitrogen and oxygen atoms in total. The van der Waals surface area contributed by atoms with Crippen molar-refractivity contribution < 1.29 is 4.79 Å². The topological polar surface area (TPSA) is 57.8 Å². The summed E-state index contributed by atoms with van der Waals surface area (Å²) in [5, 5.41) is 11.5. The zero-order valence-electron chi connectivity index (χ0n) is 8.99. The lowest BCUT2D eigenvalue weighted by atomic mass is 10.2. The van der Waals surface area contributed by atoms with Crippen molar-refractivity contribution >= 4 is 23.1 Å². The lowest BCUT2D eigenvalue weighted by Crippen LogP contribution is -2.15. The molecule has 0 aliphatic heterocycles. The number of thiophene rings is 1. The fraction of sp³-hybridized carbons (Fsp3) is 0.273. The molecular formula is C11H13N3OS. The Morgan fingerprint density at radius 3 is 3.19 bits per heavy atom. The summed E-state index contributed by atoms with van der Waals surface area (Å²) in [5.74, 6) is 0.699. The van der Waals surface area contributed by atoms with Crippen LogP contribution in [0, 0.1) is 0 Å². The second kappa shape index (κ2) is 4.94. The molecule has 0 atom stereocenters. The number of aromatic amines is 1. The summed E-state index contributed by atoms with van der Waals surface area (Å²) in [4.78, 5) is 12.8. The highest BCUT2D eigenvalue weighted by Crippen LogP contribution is 2.13. The number of hydrogen-bond acceptors (Lipinski definition) is 3. The predicted octanol–water partition coefficient (Wildman–Crippen LogP) is 2.21. The van der Waals surface area contributed by atoms with Gasteiger partial charge in [0.25, 0.3) is 0 Å². The molecule has 5 heteroatoms. The quantitative estimate of drug-likeness (QED) is 0.853. The molecule has 2 N–H and O–H groups in total. The zero-order valence-corrected chi connectivity index (χ0v) is 9.80. The van der Waals surface area contributed by atoms with E-state index in [-0.39, 0.29) is 5.91 Å². The zero-order chi connectivity index (χ0) is 11.4. The molecule has 0 unspecified atom stereocenters. The van der Waals surface area contributed by atoms with Gasteiger partial charge in [-0.1, -0.05) is 13.0 Å². The van der Waals surface area contributed by atoms with E-state index in [0.717, 1.165) is 16.9 Å². The highest BCUT2D eigenvalue weighted by molar-refractivity contribution is 7.10. The minimum absolute atomic E-state index is 0.0126. The molecule has 0 radical (unpaired) electrons. The van der Waals surface area contributed by atoms with Crippen LogP contribution in [0.15, 0.2) is 23.7 Å². The Morgan fingerprint density at radius 1 is 1.62 bits per heavy atom. The molecule has 84 valence electrons. The Bertz CT molecular complexity index is 461. The van der Waals surface area contributed by atoms with Crippen LogP contribution in [0.25, 0.3) is 0 Å². The lowest BCUT2D eigenvalue weighted by Gasteiger charge is -2.03. The molecule has 0 spiro atoms. The number of anilines is 1. The molecular weight excluding hydrogens is 222 g/mol. The first-order valence-corrected chi connectivity index (χ1v) is 6.02. The normalized spacial score (nSPS) is 10.3. The van der Waals surface area contributed by atoms with Crippen molar-refractivity contribution in [3.8, 4) is 0 Å². The van der Waals surface area contributed by atoms with Gasteiger partial charge in [0.05, 0.1) is 12.6 Å². The molecule has 0 saturated carbocycles. The third kappa shape index (κ3) is 2.49. The summed E-state index contributed by atoms with van der Waals surface area (Å²) < 4.78 is 0. The molecule has 0 aliphatic carbocycles. The van der Waals surface area contributed by atoms with Crippen molar-refractivity contribution in [2.24, 2.45) is 0 Å². The van der Waals surface area contributed by atoms with E-state index < -0.39 is 0 Å². The van der Waals surface area contributed by atoms with Crippen molar-refractivity contribution in [2.75, 3.05) is 5.32 Å². The molecule has 16 heavy (non-hydrogen) atoms. The highest BCUT2D eigenvalue weighted by atomic mass is 32.1. The van der Waals surface area contributed by atoms with E-state index in [1.54, 1.807) is 17.5 Å². The standard InChI is InChI=1S/C11H13N3OS/c1-2-8-7-12-14-11(8)13-10(15)6-9-4-3-5-16-9/h3-5,7H,2,6H2,1H3,(H2,12,13,14,15). The summed E-state index contributed by atoms with van der Waals surface area (Å²) in [5.41, 5.74) is 1.03. The maximum absolute atomic E-state index is 11.7. The van der Waals surface area contributed by atoms with Crippen LogP contribution < -0.4 is 5.32 Å². The van der Waals surface area contributed by atoms with Gasteiger partial charge < -0.3 is 5.32 Å². The van der Waals surface area contributed by atoms with Crippen molar-refractivity contribution in [3.05, 3.63) is 34.2 Å². The van der Waals surface area contributed by atoms with Gasteiger partial charge in [-0.2, -0.15) is 5.10 Å². The molecule has 2 aromatic rings. The Hall–Kier alpha value is -1.62. The Labute approximate surface area is 97.7 Å². The Morgan fingerprint density at radius 2 is 2.50 bits per heavy atom. The van der Waals surface area contributed by atoms with Crippen LogP contribution in [0.1, 0.15) is 17.4 Å². The van der Waals surface area contributed by atoms with Crippen molar-refractivity contribution in [2.45, 2.75) is 19.8 Å². The van der Waals surface area contributed by atoms with Crippen LogP contribution in [-0.2, 0) is 17.6 Å². The summed E-state index contributed by atoms with van der Waals surface area (Å²) in [7, 11) is 0. The molecule has 0 aliphatic rings. The predicted molar refractivity (Wildman–Crippen MR) is 64.6 cm³/mol. The van der Waals surface area contributed by atoms with Crippen LogP contribution in [0.2, 0.25) is 0 Å². The van der Waals surface area contributed by atoms with E-state index in [1.807, 2.05) is 24.4 Å². The van der Waals surface area contributed by atoms with E-state index in [2.05, 4.69) is 15.5 Å². The molecule has 2 heterocycles. The van der Waals surface area contributed by atoms with Gasteiger partial charge in [-0.05, 0) is 17.9 Å². The van der Waals surface area contributed by atoms with Crippen LogP contribution in [-0.4, -0.2) is 16.1 Å². The first-order chi connectivity index (χ1) is 7.79. The number of carbonyl (C=O) groups is 1. The van der Waals surface area contributed by atoms with Gasteiger partial charge in [0.15, 0.2) is 0 Å². The van der Waals surface area contributed by atoms with Crippen molar-refractivity contribution in [1.82, 2.24) is 10.2 Å². The monoisotopic (exact) mass is 235 g/mol. The van der Waals surface area contributed by atoms with Gasteiger partial charge in [0, 0.05) is 10.4 Å². The largest absolute Gasteiger partial charge is 0.311 e.